The van der Waals surface area contributed by atoms with Gasteiger partial charge in [0.15, 0.2) is 44.0 Å². The Morgan fingerprint density at radius 1 is 0.411 bits per heavy atom. The van der Waals surface area contributed by atoms with Crippen LogP contribution in [0, 0.1) is 0 Å². The fourth-order valence-electron chi connectivity index (χ4n) is 13.3. The van der Waals surface area contributed by atoms with Crippen LogP contribution in [-0.2, 0) is 85.5 Å². The van der Waals surface area contributed by atoms with Crippen LogP contribution in [-0.4, -0.2) is 439 Å². The largest absolute Gasteiger partial charge is 0.394 e. The van der Waals surface area contributed by atoms with Crippen LogP contribution in [0.5, 0.6) is 0 Å². The average molecular weight is 1560 g/mol. The monoisotopic (exact) mass is 1560 g/mol. The predicted octanol–water partition coefficient (Wildman–Crippen LogP) is -16.7. The van der Waals surface area contributed by atoms with Gasteiger partial charge in [0.2, 0.25) is 23.6 Å². The minimum Gasteiger partial charge on any atom is -0.394 e. The Morgan fingerprint density at radius 2 is 0.813 bits per heavy atom. The molecule has 4 amide bonds. The zero-order chi connectivity index (χ0) is 78.7. The molecule has 27 N–H and O–H groups in total. The number of hydrogen-bond donors (Lipinski definition) is 27. The Kier molecular flexibility index (Phi) is 32.7. The third-order valence-electron chi connectivity index (χ3n) is 18.9. The van der Waals surface area contributed by atoms with E-state index in [2.05, 4.69) is 31.6 Å². The summed E-state index contributed by atoms with van der Waals surface area (Å²) in [6, 6.07) is -2.22. The molecule has 8 rings (SSSR count). The van der Waals surface area contributed by atoms with Gasteiger partial charge in [-0.1, -0.05) is 6.07 Å². The summed E-state index contributed by atoms with van der Waals surface area (Å²) in [5, 5.41) is 258. The lowest BCUT2D eigenvalue weighted by molar-refractivity contribution is -0.398. The Bertz CT molecular complexity index is 2920. The number of nitrogens with one attached hydrogen (secondary N) is 5. The van der Waals surface area contributed by atoms with Crippen molar-refractivity contribution in [3.05, 3.63) is 24.4 Å². The maximum absolute atomic E-state index is 13.1. The smallest absolute Gasteiger partial charge is 0.217 e. The predicted molar refractivity (Wildman–Crippen MR) is 339 cm³/mol. The van der Waals surface area contributed by atoms with Gasteiger partial charge in [-0.2, -0.15) is 0 Å². The molecule has 614 valence electrons. The van der Waals surface area contributed by atoms with Crippen molar-refractivity contribution in [1.82, 2.24) is 26.3 Å². The summed E-state index contributed by atoms with van der Waals surface area (Å²) in [7, 11) is 0. The van der Waals surface area contributed by atoms with Crippen molar-refractivity contribution in [2.45, 2.75) is 267 Å². The van der Waals surface area contributed by atoms with E-state index in [4.69, 9.17) is 66.3 Å². The van der Waals surface area contributed by atoms with Gasteiger partial charge in [-0.25, -0.2) is 4.98 Å². The van der Waals surface area contributed by atoms with Gasteiger partial charge in [0.1, 0.15) is 195 Å². The van der Waals surface area contributed by atoms with Gasteiger partial charge in [-0.05, 0) is 12.1 Å². The van der Waals surface area contributed by atoms with Crippen molar-refractivity contribution < 1.29 is 198 Å². The first-order valence-corrected chi connectivity index (χ1v) is 34.1. The first-order chi connectivity index (χ1) is 50.7. The number of amides is 4. The number of aromatic nitrogens is 1. The molecule has 39 atom stereocenters. The molecular weight excluding hydrogens is 1460 g/mol. The normalized spacial score (nSPS) is 43.1. The Balaban J connectivity index is 1.14. The van der Waals surface area contributed by atoms with Gasteiger partial charge >= 0.3 is 0 Å². The summed E-state index contributed by atoms with van der Waals surface area (Å²) >= 11 is 0. The van der Waals surface area contributed by atoms with Crippen LogP contribution in [0.2, 0.25) is 0 Å². The Hall–Kier alpha value is -4.61. The Labute approximate surface area is 608 Å². The van der Waals surface area contributed by atoms with Crippen LogP contribution < -0.4 is 26.6 Å². The molecule has 1 aromatic heterocycles. The number of pyridine rings is 1. The summed E-state index contributed by atoms with van der Waals surface area (Å²) in [4.78, 5) is 55.0. The van der Waals surface area contributed by atoms with E-state index in [1.165, 1.54) is 12.3 Å². The summed E-state index contributed by atoms with van der Waals surface area (Å²) < 4.78 is 83.6. The molecule has 8 heterocycles. The van der Waals surface area contributed by atoms with E-state index >= 15 is 0 Å². The maximum Gasteiger partial charge on any atom is 0.217 e. The van der Waals surface area contributed by atoms with E-state index in [0.717, 1.165) is 27.7 Å². The molecule has 7 aliphatic heterocycles. The lowest BCUT2D eigenvalue weighted by Crippen LogP contribution is -2.70. The lowest BCUT2D eigenvalue weighted by atomic mass is 9.94. The van der Waals surface area contributed by atoms with Gasteiger partial charge in [0.05, 0.1) is 58.9 Å². The number of ether oxygens (including phenoxy) is 14. The molecule has 0 unspecified atom stereocenters. The van der Waals surface area contributed by atoms with Gasteiger partial charge in [0, 0.05) is 40.4 Å². The van der Waals surface area contributed by atoms with Gasteiger partial charge in [-0.15, -0.1) is 0 Å². The van der Waals surface area contributed by atoms with E-state index in [1.54, 1.807) is 12.1 Å². The Morgan fingerprint density at radius 3 is 1.29 bits per heavy atom. The standard InChI is InChI=1S/C61H100N6O40/c1-18(75)64-22(9-63-31-7-5-6-8-62-31)35(80)49(23(79)10-68)102-56-33(66-20(3)77)42(87)51(29(16-74)99-56)104-59-48(93)52(40(85)30(101-59)17-94-60-53(45(90)38(83)26(13-71)97-60)106-55-32(65-19(2)76)41(86)36(81)24(11-69)95-55)105-61-54(46(91)39(84)27(14-72)98-61)107-57-34(67-21(4)78)43(88)50(28(15-73)100-57)103-58-47(92)44(89)37(82)25(12-70)96-58/h5-8,22-30,32-61,68-74,79-93H,9-17H2,1-4H3,(H,62,63)(H,64,75)(H,65,76)(H,66,77)(H,67,78)/t22-,23+,24+,25+,26+,27+,28+,29+,30+,32+,33+,34+,35+,36+,37-,38+,39+,40+,41+,42+,43+,44-,45-,46-,47+,48-,49+,50+,51+,52-,53-,54-,55-,56-,57-,58-,59-,60-,61+/m0/s1. The molecule has 107 heavy (non-hydrogen) atoms. The molecule has 7 saturated heterocycles. The van der Waals surface area contributed by atoms with E-state index in [0.29, 0.717) is 0 Å². The second-order valence-electron chi connectivity index (χ2n) is 26.5. The molecule has 46 heteroatoms. The topological polar surface area (TPSA) is 716 Å². The highest BCUT2D eigenvalue weighted by Crippen LogP contribution is 2.39. The number of hydrogen-bond acceptors (Lipinski definition) is 42. The molecule has 0 bridgehead atoms. The number of nitrogens with zero attached hydrogens (tertiary/aromatic N) is 1. The van der Waals surface area contributed by atoms with Gasteiger partial charge in [0.25, 0.3) is 0 Å². The van der Waals surface area contributed by atoms with E-state index < -0.39 is 316 Å². The lowest BCUT2D eigenvalue weighted by Gasteiger charge is -2.51. The highest BCUT2D eigenvalue weighted by Gasteiger charge is 2.60. The van der Waals surface area contributed by atoms with Crippen LogP contribution >= 0.6 is 0 Å². The van der Waals surface area contributed by atoms with Crippen LogP contribution in [0.1, 0.15) is 27.7 Å². The SMILES string of the molecule is CC(=O)N[C@H]1[C@H](O[C@@H]([C@H](O)[C@H](CNc2ccccn2)NC(C)=O)[C@H](O)CO)O[C@H](CO)[C@@H](O[C@@H]2O[C@H](CO[C@H]3O[C@H](CO)[C@@H](O)[C@H](O)[C@@H]3O[C@@H]3O[C@H](CO)[C@@H](O)[C@H](O)[C@H]3NC(C)=O)[C@@H](O)[C@H](O[C@H]3O[C@H](CO)[C@@H](O)[C@H](O)[C@@H]3O[C@@H]3O[C@H](CO)[C@@H](O[C@@H]4O[C@H](CO)[C@H](O)[C@H](O)[C@H]4O)[C@H](O)[C@H]3NC(C)=O)[C@@H]2O)[C@@H]1O. The molecule has 46 nitrogen and oxygen atoms in total. The number of carbonyl (C=O) groups excluding carboxylic acids is 4. The van der Waals surface area contributed by atoms with Crippen molar-refractivity contribution in [1.29, 1.82) is 0 Å². The molecule has 1 aromatic rings. The third kappa shape index (κ3) is 20.8. The molecule has 7 aliphatic rings. The molecule has 0 radical (unpaired) electrons. The van der Waals surface area contributed by atoms with Crippen molar-refractivity contribution in [3.63, 3.8) is 0 Å². The van der Waals surface area contributed by atoms with Crippen molar-refractivity contribution >= 4 is 29.4 Å². The number of carbonyl (C=O) groups is 4. The molecule has 0 spiro atoms. The van der Waals surface area contributed by atoms with Gasteiger partial charge < -0.3 is 205 Å². The number of aliphatic hydroxyl groups excluding tert-OH is 22. The first-order valence-electron chi connectivity index (χ1n) is 34.1. The fraction of sp³-hybridized carbons (Fsp3) is 0.852. The molecule has 0 saturated carbocycles. The van der Waals surface area contributed by atoms with Crippen molar-refractivity contribution in [3.8, 4) is 0 Å². The second kappa shape index (κ2) is 39.7. The average Bonchev–Trinajstić information content (AvgIpc) is 0.772. The first kappa shape index (κ1) is 88.0. The van der Waals surface area contributed by atoms with Gasteiger partial charge in [-0.3, -0.25) is 19.2 Å². The molecule has 7 fully saturated rings. The summed E-state index contributed by atoms with van der Waals surface area (Å²) in [6.07, 6.45) is -71.4. The second-order valence-corrected chi connectivity index (χ2v) is 26.5. The van der Waals surface area contributed by atoms with E-state index in [-0.39, 0.29) is 12.4 Å². The number of aliphatic hydroxyl groups is 22. The van der Waals surface area contributed by atoms with Crippen molar-refractivity contribution in [2.24, 2.45) is 0 Å². The molecular formula is C61H100N6O40. The van der Waals surface area contributed by atoms with Crippen molar-refractivity contribution in [2.75, 3.05) is 64.7 Å². The number of anilines is 1. The summed E-state index contributed by atoms with van der Waals surface area (Å²) in [5.41, 5.74) is 0. The summed E-state index contributed by atoms with van der Waals surface area (Å²) in [6.45, 7) is -5.06. The van der Waals surface area contributed by atoms with E-state index in [9.17, 15) is 132 Å². The van der Waals surface area contributed by atoms with Crippen LogP contribution in [0.3, 0.4) is 0 Å². The molecule has 0 aromatic carbocycles. The quantitative estimate of drug-likeness (QED) is 0.0318. The maximum atomic E-state index is 13.1. The highest BCUT2D eigenvalue weighted by atomic mass is 16.8. The zero-order valence-corrected chi connectivity index (χ0v) is 57.8. The highest BCUT2D eigenvalue weighted by molar-refractivity contribution is 5.74. The van der Waals surface area contributed by atoms with Crippen LogP contribution in [0.15, 0.2) is 24.4 Å². The minimum absolute atomic E-state index is 0.259. The zero-order valence-electron chi connectivity index (χ0n) is 57.8. The van der Waals surface area contributed by atoms with E-state index in [1.807, 2.05) is 0 Å². The third-order valence-corrected chi connectivity index (χ3v) is 18.9. The van der Waals surface area contributed by atoms with Crippen LogP contribution in [0.25, 0.3) is 0 Å². The molecule has 0 aliphatic carbocycles. The fourth-order valence-corrected chi connectivity index (χ4v) is 13.3. The summed E-state index contributed by atoms with van der Waals surface area (Å²) in [5.74, 6) is -3.16. The number of rotatable bonds is 32. The minimum atomic E-state index is -2.54. The van der Waals surface area contributed by atoms with Crippen LogP contribution in [0.4, 0.5) is 5.82 Å².